The number of aliphatic hydroxyl groups excluding tert-OH is 1. The lowest BCUT2D eigenvalue weighted by Crippen LogP contribution is -2.27. The summed E-state index contributed by atoms with van der Waals surface area (Å²) in [6.45, 7) is 0.671. The van der Waals surface area contributed by atoms with E-state index in [-0.39, 0.29) is 11.9 Å². The SMILES string of the molecule is Oc1cccc(-c2cn(C[C@H](O)COC3CCCCC3)nn2)c1. The summed E-state index contributed by atoms with van der Waals surface area (Å²) in [5.41, 5.74) is 1.46. The van der Waals surface area contributed by atoms with E-state index in [0.717, 1.165) is 18.4 Å². The summed E-state index contributed by atoms with van der Waals surface area (Å²) in [4.78, 5) is 0. The van der Waals surface area contributed by atoms with Crippen molar-refractivity contribution in [3.05, 3.63) is 30.5 Å². The highest BCUT2D eigenvalue weighted by atomic mass is 16.5. The molecule has 2 N–H and O–H groups in total. The number of nitrogens with zero attached hydrogens (tertiary/aromatic N) is 3. The maximum atomic E-state index is 10.1. The van der Waals surface area contributed by atoms with Gasteiger partial charge in [0, 0.05) is 5.56 Å². The Bertz CT molecular complexity index is 623. The zero-order chi connectivity index (χ0) is 16.1. The fourth-order valence-corrected chi connectivity index (χ4v) is 2.93. The number of ether oxygens (including phenoxy) is 1. The van der Waals surface area contributed by atoms with Gasteiger partial charge in [-0.1, -0.05) is 36.6 Å². The Morgan fingerprint density at radius 2 is 2.09 bits per heavy atom. The van der Waals surface area contributed by atoms with Crippen LogP contribution >= 0.6 is 0 Å². The highest BCUT2D eigenvalue weighted by Gasteiger charge is 2.16. The first-order valence-electron chi connectivity index (χ1n) is 8.20. The van der Waals surface area contributed by atoms with Crippen LogP contribution in [-0.4, -0.2) is 44.0 Å². The number of phenols is 1. The molecule has 6 nitrogen and oxygen atoms in total. The topological polar surface area (TPSA) is 80.4 Å². The molecule has 0 spiro atoms. The predicted octanol–water partition coefficient (Wildman–Crippen LogP) is 2.36. The lowest BCUT2D eigenvalue weighted by molar-refractivity contribution is -0.0294. The number of aromatic hydroxyl groups is 1. The van der Waals surface area contributed by atoms with Crippen LogP contribution in [0.2, 0.25) is 0 Å². The predicted molar refractivity (Wildman–Crippen MR) is 86.0 cm³/mol. The third-order valence-electron chi connectivity index (χ3n) is 4.15. The molecular weight excluding hydrogens is 294 g/mol. The van der Waals surface area contributed by atoms with E-state index in [1.807, 2.05) is 6.07 Å². The molecule has 0 amide bonds. The Kier molecular flexibility index (Phi) is 5.25. The van der Waals surface area contributed by atoms with Gasteiger partial charge in [0.05, 0.1) is 31.6 Å². The third-order valence-corrected chi connectivity index (χ3v) is 4.15. The summed E-state index contributed by atoms with van der Waals surface area (Å²) in [5.74, 6) is 0.193. The standard InChI is InChI=1S/C17H23N3O3/c21-14-6-4-5-13(9-14)17-11-20(19-18-17)10-15(22)12-23-16-7-2-1-3-8-16/h4-6,9,11,15-16,21-22H,1-3,7-8,10,12H2/t15-/m0/s1. The van der Waals surface area contributed by atoms with Crippen molar-refractivity contribution in [2.24, 2.45) is 0 Å². The van der Waals surface area contributed by atoms with Crippen LogP contribution in [0.1, 0.15) is 32.1 Å². The van der Waals surface area contributed by atoms with E-state index in [2.05, 4.69) is 10.3 Å². The van der Waals surface area contributed by atoms with Crippen LogP contribution in [0, 0.1) is 0 Å². The minimum absolute atomic E-state index is 0.193. The van der Waals surface area contributed by atoms with Crippen LogP contribution in [0.25, 0.3) is 11.3 Å². The van der Waals surface area contributed by atoms with Crippen molar-refractivity contribution in [2.45, 2.75) is 50.9 Å². The molecule has 23 heavy (non-hydrogen) atoms. The van der Waals surface area contributed by atoms with Crippen molar-refractivity contribution < 1.29 is 14.9 Å². The average molecular weight is 317 g/mol. The number of rotatable bonds is 6. The monoisotopic (exact) mass is 317 g/mol. The first-order chi connectivity index (χ1) is 11.2. The highest BCUT2D eigenvalue weighted by Crippen LogP contribution is 2.21. The van der Waals surface area contributed by atoms with Gasteiger partial charge in [-0.25, -0.2) is 4.68 Å². The van der Waals surface area contributed by atoms with Crippen molar-refractivity contribution in [1.82, 2.24) is 15.0 Å². The zero-order valence-corrected chi connectivity index (χ0v) is 13.1. The second-order valence-corrected chi connectivity index (χ2v) is 6.12. The van der Waals surface area contributed by atoms with Crippen LogP contribution in [0.5, 0.6) is 5.75 Å². The summed E-state index contributed by atoms with van der Waals surface area (Å²) in [5, 5.41) is 27.7. The normalized spacial score (nSPS) is 17.3. The van der Waals surface area contributed by atoms with Gasteiger partial charge in [-0.05, 0) is 25.0 Å². The fourth-order valence-electron chi connectivity index (χ4n) is 2.93. The van der Waals surface area contributed by atoms with Crippen LogP contribution in [0.4, 0.5) is 0 Å². The first kappa shape index (κ1) is 16.0. The largest absolute Gasteiger partial charge is 0.508 e. The van der Waals surface area contributed by atoms with Gasteiger partial charge in [-0.15, -0.1) is 5.10 Å². The molecule has 0 unspecified atom stereocenters. The van der Waals surface area contributed by atoms with E-state index in [0.29, 0.717) is 18.8 Å². The molecule has 3 rings (SSSR count). The molecule has 1 aliphatic carbocycles. The lowest BCUT2D eigenvalue weighted by atomic mass is 9.98. The van der Waals surface area contributed by atoms with Crippen molar-refractivity contribution in [3.8, 4) is 17.0 Å². The lowest BCUT2D eigenvalue weighted by Gasteiger charge is -2.23. The summed E-state index contributed by atoms with van der Waals surface area (Å²) in [7, 11) is 0. The van der Waals surface area contributed by atoms with Crippen molar-refractivity contribution >= 4 is 0 Å². The Hall–Kier alpha value is -1.92. The molecule has 124 valence electrons. The highest BCUT2D eigenvalue weighted by molar-refractivity contribution is 5.59. The molecule has 1 saturated carbocycles. The quantitative estimate of drug-likeness (QED) is 0.855. The number of aromatic nitrogens is 3. The summed E-state index contributed by atoms with van der Waals surface area (Å²) < 4.78 is 7.38. The molecule has 0 radical (unpaired) electrons. The van der Waals surface area contributed by atoms with Crippen LogP contribution in [0.3, 0.4) is 0 Å². The molecule has 0 saturated heterocycles. The second-order valence-electron chi connectivity index (χ2n) is 6.12. The summed E-state index contributed by atoms with van der Waals surface area (Å²) >= 11 is 0. The molecule has 1 aromatic heterocycles. The Morgan fingerprint density at radius 1 is 1.26 bits per heavy atom. The van der Waals surface area contributed by atoms with Gasteiger partial charge in [-0.3, -0.25) is 0 Å². The van der Waals surface area contributed by atoms with Gasteiger partial charge < -0.3 is 14.9 Å². The molecule has 0 bridgehead atoms. The van der Waals surface area contributed by atoms with Crippen molar-refractivity contribution in [1.29, 1.82) is 0 Å². The Labute approximate surface area is 135 Å². The molecule has 2 aromatic rings. The van der Waals surface area contributed by atoms with E-state index in [1.54, 1.807) is 29.1 Å². The van der Waals surface area contributed by atoms with E-state index < -0.39 is 6.10 Å². The van der Waals surface area contributed by atoms with E-state index >= 15 is 0 Å². The van der Waals surface area contributed by atoms with Gasteiger partial charge in [0.2, 0.25) is 0 Å². The minimum atomic E-state index is -0.601. The van der Waals surface area contributed by atoms with Crippen molar-refractivity contribution in [2.75, 3.05) is 6.61 Å². The third kappa shape index (κ3) is 4.53. The maximum absolute atomic E-state index is 10.1. The summed E-state index contributed by atoms with van der Waals surface area (Å²) in [6, 6.07) is 6.87. The fraction of sp³-hybridized carbons (Fsp3) is 0.529. The van der Waals surface area contributed by atoms with E-state index in [9.17, 15) is 10.2 Å². The van der Waals surface area contributed by atoms with Gasteiger partial charge in [-0.2, -0.15) is 0 Å². The maximum Gasteiger partial charge on any atom is 0.116 e. The number of aliphatic hydroxyl groups is 1. The second kappa shape index (κ2) is 7.57. The number of hydrogen-bond acceptors (Lipinski definition) is 5. The average Bonchev–Trinajstić information content (AvgIpc) is 3.02. The van der Waals surface area contributed by atoms with Gasteiger partial charge in [0.15, 0.2) is 0 Å². The van der Waals surface area contributed by atoms with Gasteiger partial charge in [0.25, 0.3) is 0 Å². The van der Waals surface area contributed by atoms with Crippen LogP contribution in [-0.2, 0) is 11.3 Å². The number of hydrogen-bond donors (Lipinski definition) is 2. The van der Waals surface area contributed by atoms with Crippen LogP contribution in [0.15, 0.2) is 30.5 Å². The van der Waals surface area contributed by atoms with Crippen LogP contribution < -0.4 is 0 Å². The number of benzene rings is 1. The molecule has 1 atom stereocenters. The molecule has 1 aliphatic rings. The molecule has 1 fully saturated rings. The van der Waals surface area contributed by atoms with Crippen molar-refractivity contribution in [3.63, 3.8) is 0 Å². The minimum Gasteiger partial charge on any atom is -0.508 e. The molecule has 0 aliphatic heterocycles. The van der Waals surface area contributed by atoms with Gasteiger partial charge >= 0.3 is 0 Å². The Morgan fingerprint density at radius 3 is 2.87 bits per heavy atom. The smallest absolute Gasteiger partial charge is 0.116 e. The first-order valence-corrected chi connectivity index (χ1v) is 8.20. The molecule has 1 heterocycles. The van der Waals surface area contributed by atoms with Gasteiger partial charge in [0.1, 0.15) is 11.4 Å². The summed E-state index contributed by atoms with van der Waals surface area (Å²) in [6.07, 6.45) is 7.37. The molecule has 1 aromatic carbocycles. The Balaban J connectivity index is 1.52. The zero-order valence-electron chi connectivity index (χ0n) is 13.1. The molecular formula is C17H23N3O3. The van der Waals surface area contributed by atoms with E-state index in [4.69, 9.17) is 4.74 Å². The molecule has 6 heteroatoms. The van der Waals surface area contributed by atoms with E-state index in [1.165, 1.54) is 19.3 Å². The number of phenolic OH excluding ortho intramolecular Hbond substituents is 1.